The summed E-state index contributed by atoms with van der Waals surface area (Å²) in [6.45, 7) is 4.00. The number of halogens is 2. The van der Waals surface area contributed by atoms with Crippen molar-refractivity contribution in [1.82, 2.24) is 0 Å². The molecule has 2 aromatic carbocycles. The van der Waals surface area contributed by atoms with Crippen LogP contribution in [0.2, 0.25) is 10.0 Å². The van der Waals surface area contributed by atoms with E-state index in [1.807, 2.05) is 13.8 Å². The van der Waals surface area contributed by atoms with Gasteiger partial charge in [0.2, 0.25) is 0 Å². The molecule has 0 bridgehead atoms. The van der Waals surface area contributed by atoms with E-state index in [0.29, 0.717) is 21.2 Å². The van der Waals surface area contributed by atoms with Crippen LogP contribution in [0.25, 0.3) is 0 Å². The van der Waals surface area contributed by atoms with Gasteiger partial charge in [-0.3, -0.25) is 4.79 Å². The van der Waals surface area contributed by atoms with Crippen molar-refractivity contribution in [1.29, 1.82) is 0 Å². The van der Waals surface area contributed by atoms with Crippen molar-refractivity contribution in [2.75, 3.05) is 0 Å². The van der Waals surface area contributed by atoms with Crippen molar-refractivity contribution in [2.45, 2.75) is 19.8 Å². The maximum absolute atomic E-state index is 11.4. The van der Waals surface area contributed by atoms with Gasteiger partial charge in [-0.05, 0) is 35.4 Å². The van der Waals surface area contributed by atoms with Crippen LogP contribution in [0.15, 0.2) is 48.5 Å². The SMILES string of the molecule is CC.O=C(O)C(c1ccc(Cl)cc1)c1ccc(Cl)cc1. The van der Waals surface area contributed by atoms with Crippen LogP contribution in [0.5, 0.6) is 0 Å². The van der Waals surface area contributed by atoms with Crippen molar-refractivity contribution < 1.29 is 9.90 Å². The van der Waals surface area contributed by atoms with Crippen LogP contribution in [0.4, 0.5) is 0 Å². The molecule has 0 atom stereocenters. The lowest BCUT2D eigenvalue weighted by Gasteiger charge is -2.13. The summed E-state index contributed by atoms with van der Waals surface area (Å²) in [6, 6.07) is 13.6. The van der Waals surface area contributed by atoms with Gasteiger partial charge in [0.15, 0.2) is 0 Å². The number of carboxylic acids is 1. The molecule has 0 unspecified atom stereocenters. The fourth-order valence-electron chi connectivity index (χ4n) is 1.79. The Morgan fingerprint density at radius 1 is 0.850 bits per heavy atom. The predicted octanol–water partition coefficient (Wildman–Crippen LogP) is 5.24. The second kappa shape index (κ2) is 7.93. The van der Waals surface area contributed by atoms with Gasteiger partial charge in [0.05, 0.1) is 0 Å². The van der Waals surface area contributed by atoms with Crippen molar-refractivity contribution in [2.24, 2.45) is 0 Å². The van der Waals surface area contributed by atoms with E-state index in [1.54, 1.807) is 48.5 Å². The average Bonchev–Trinajstić information content (AvgIpc) is 2.45. The monoisotopic (exact) mass is 310 g/mol. The van der Waals surface area contributed by atoms with Gasteiger partial charge in [-0.1, -0.05) is 61.3 Å². The maximum atomic E-state index is 11.4. The smallest absolute Gasteiger partial charge is 0.315 e. The van der Waals surface area contributed by atoms with E-state index >= 15 is 0 Å². The number of carboxylic acid groups (broad SMARTS) is 1. The lowest BCUT2D eigenvalue weighted by atomic mass is 9.91. The molecule has 2 aromatic rings. The number of carbonyl (C=O) groups is 1. The molecular formula is C16H16Cl2O2. The highest BCUT2D eigenvalue weighted by Crippen LogP contribution is 2.27. The highest BCUT2D eigenvalue weighted by molar-refractivity contribution is 6.30. The molecule has 0 fully saturated rings. The molecule has 0 spiro atoms. The van der Waals surface area contributed by atoms with Crippen LogP contribution >= 0.6 is 23.2 Å². The summed E-state index contributed by atoms with van der Waals surface area (Å²) < 4.78 is 0. The summed E-state index contributed by atoms with van der Waals surface area (Å²) in [5.74, 6) is -1.61. The molecule has 0 heterocycles. The number of benzene rings is 2. The van der Waals surface area contributed by atoms with Gasteiger partial charge >= 0.3 is 5.97 Å². The molecule has 0 aliphatic heterocycles. The fourth-order valence-corrected chi connectivity index (χ4v) is 2.04. The normalized spacial score (nSPS) is 9.85. The molecule has 0 saturated carbocycles. The van der Waals surface area contributed by atoms with Crippen LogP contribution in [0.3, 0.4) is 0 Å². The first kappa shape index (κ1) is 16.5. The summed E-state index contributed by atoms with van der Waals surface area (Å²) in [4.78, 5) is 11.4. The third-order valence-electron chi connectivity index (χ3n) is 2.65. The second-order valence-electron chi connectivity index (χ2n) is 3.87. The number of hydrogen-bond donors (Lipinski definition) is 1. The van der Waals surface area contributed by atoms with Gasteiger partial charge < -0.3 is 5.11 Å². The van der Waals surface area contributed by atoms with Crippen LogP contribution in [0, 0.1) is 0 Å². The summed E-state index contributed by atoms with van der Waals surface area (Å²) >= 11 is 11.6. The highest BCUT2D eigenvalue weighted by Gasteiger charge is 2.21. The molecule has 2 rings (SSSR count). The van der Waals surface area contributed by atoms with Gasteiger partial charge in [0.25, 0.3) is 0 Å². The zero-order valence-electron chi connectivity index (χ0n) is 11.3. The second-order valence-corrected chi connectivity index (χ2v) is 4.75. The summed E-state index contributed by atoms with van der Waals surface area (Å²) in [5, 5.41) is 10.5. The minimum absolute atomic E-state index is 0.582. The summed E-state index contributed by atoms with van der Waals surface area (Å²) in [7, 11) is 0. The van der Waals surface area contributed by atoms with E-state index in [-0.39, 0.29) is 0 Å². The fraction of sp³-hybridized carbons (Fsp3) is 0.188. The Labute approximate surface area is 129 Å². The molecule has 0 aliphatic carbocycles. The van der Waals surface area contributed by atoms with Crippen LogP contribution in [-0.2, 0) is 4.79 Å². The Morgan fingerprint density at radius 2 is 1.15 bits per heavy atom. The van der Waals surface area contributed by atoms with Crippen LogP contribution < -0.4 is 0 Å². The first-order valence-electron chi connectivity index (χ1n) is 6.31. The van der Waals surface area contributed by atoms with Gasteiger partial charge in [-0.2, -0.15) is 0 Å². The molecule has 0 radical (unpaired) electrons. The highest BCUT2D eigenvalue weighted by atomic mass is 35.5. The summed E-state index contributed by atoms with van der Waals surface area (Å²) in [5.41, 5.74) is 1.38. The van der Waals surface area contributed by atoms with Gasteiger partial charge in [-0.15, -0.1) is 0 Å². The molecule has 20 heavy (non-hydrogen) atoms. The number of rotatable bonds is 3. The van der Waals surface area contributed by atoms with E-state index in [0.717, 1.165) is 0 Å². The van der Waals surface area contributed by atoms with Gasteiger partial charge in [0.1, 0.15) is 5.92 Å². The molecule has 0 saturated heterocycles. The zero-order chi connectivity index (χ0) is 15.1. The van der Waals surface area contributed by atoms with E-state index in [9.17, 15) is 9.90 Å². The molecule has 106 valence electrons. The van der Waals surface area contributed by atoms with Crippen molar-refractivity contribution >= 4 is 29.2 Å². The van der Waals surface area contributed by atoms with Gasteiger partial charge in [0, 0.05) is 10.0 Å². The largest absolute Gasteiger partial charge is 0.481 e. The van der Waals surface area contributed by atoms with E-state index in [4.69, 9.17) is 23.2 Å². The Balaban J connectivity index is 0.000000956. The Kier molecular flexibility index (Phi) is 6.56. The van der Waals surface area contributed by atoms with Crippen LogP contribution in [0.1, 0.15) is 30.9 Å². The molecular weight excluding hydrogens is 295 g/mol. The summed E-state index contributed by atoms with van der Waals surface area (Å²) in [6.07, 6.45) is 0. The average molecular weight is 311 g/mol. The first-order chi connectivity index (χ1) is 9.58. The number of aliphatic carboxylic acids is 1. The van der Waals surface area contributed by atoms with Crippen molar-refractivity contribution in [3.63, 3.8) is 0 Å². The Bertz CT molecular complexity index is 502. The predicted molar refractivity (Wildman–Crippen MR) is 83.7 cm³/mol. The maximum Gasteiger partial charge on any atom is 0.315 e. The molecule has 4 heteroatoms. The minimum atomic E-state index is -0.903. The topological polar surface area (TPSA) is 37.3 Å². The Morgan fingerprint density at radius 3 is 1.40 bits per heavy atom. The first-order valence-corrected chi connectivity index (χ1v) is 7.07. The molecule has 2 nitrogen and oxygen atoms in total. The van der Waals surface area contributed by atoms with E-state index in [1.165, 1.54) is 0 Å². The third kappa shape index (κ3) is 4.26. The molecule has 0 aromatic heterocycles. The standard InChI is InChI=1S/C14H10Cl2O2.C2H6/c15-11-5-1-9(2-6-11)13(14(17)18)10-3-7-12(16)8-4-10;1-2/h1-8,13H,(H,17,18);1-2H3. The van der Waals surface area contributed by atoms with E-state index in [2.05, 4.69) is 0 Å². The van der Waals surface area contributed by atoms with E-state index < -0.39 is 11.9 Å². The Hall–Kier alpha value is -1.51. The minimum Gasteiger partial charge on any atom is -0.481 e. The molecule has 0 aliphatic rings. The van der Waals surface area contributed by atoms with Crippen molar-refractivity contribution in [3.05, 3.63) is 69.7 Å². The molecule has 0 amide bonds. The quantitative estimate of drug-likeness (QED) is 0.842. The lowest BCUT2D eigenvalue weighted by Crippen LogP contribution is -2.12. The lowest BCUT2D eigenvalue weighted by molar-refractivity contribution is -0.137. The van der Waals surface area contributed by atoms with Gasteiger partial charge in [-0.25, -0.2) is 0 Å². The number of hydrogen-bond acceptors (Lipinski definition) is 1. The zero-order valence-corrected chi connectivity index (χ0v) is 12.8. The molecule has 1 N–H and O–H groups in total. The third-order valence-corrected chi connectivity index (χ3v) is 3.16. The van der Waals surface area contributed by atoms with Crippen LogP contribution in [-0.4, -0.2) is 11.1 Å². The van der Waals surface area contributed by atoms with Crippen molar-refractivity contribution in [3.8, 4) is 0 Å².